The Kier molecular flexibility index (Phi) is 5.25. The number of aromatic hydroxyl groups is 1. The number of carbonyl (C=O) groups excluding carboxylic acids is 1. The molecule has 0 radical (unpaired) electrons. The molecule has 1 aromatic carbocycles. The molecule has 0 bridgehead atoms. The van der Waals surface area contributed by atoms with Crippen molar-refractivity contribution in [1.29, 1.82) is 0 Å². The summed E-state index contributed by atoms with van der Waals surface area (Å²) in [6.07, 6.45) is 1.15. The number of nitrogens with zero attached hydrogens (tertiary/aromatic N) is 1. The highest BCUT2D eigenvalue weighted by Gasteiger charge is 2.26. The zero-order valence-corrected chi connectivity index (χ0v) is 13.5. The van der Waals surface area contributed by atoms with Crippen LogP contribution in [-0.2, 0) is 11.3 Å². The third kappa shape index (κ3) is 3.76. The van der Waals surface area contributed by atoms with E-state index in [1.807, 2.05) is 6.92 Å². The maximum Gasteiger partial charge on any atom is 0.163 e. The van der Waals surface area contributed by atoms with Crippen molar-refractivity contribution < 1.29 is 14.6 Å². The number of halogens is 1. The molecule has 0 aliphatic carbocycles. The molecule has 2 atom stereocenters. The number of phenols is 1. The molecular formula is C16H22ClNO3. The maximum atomic E-state index is 11.6. The summed E-state index contributed by atoms with van der Waals surface area (Å²) in [7, 11) is 0. The molecule has 1 aromatic rings. The topological polar surface area (TPSA) is 49.8 Å². The molecule has 1 heterocycles. The van der Waals surface area contributed by atoms with E-state index in [1.165, 1.54) is 13.0 Å². The van der Waals surface area contributed by atoms with Crippen molar-refractivity contribution in [3.63, 3.8) is 0 Å². The predicted octanol–water partition coefficient (Wildman–Crippen LogP) is 3.25. The Bertz CT molecular complexity index is 532. The minimum atomic E-state index is -0.182. The fraction of sp³-hybridized carbons (Fsp3) is 0.562. The van der Waals surface area contributed by atoms with Crippen molar-refractivity contribution >= 4 is 17.4 Å². The van der Waals surface area contributed by atoms with E-state index >= 15 is 0 Å². The summed E-state index contributed by atoms with van der Waals surface area (Å²) in [4.78, 5) is 13.9. The molecule has 2 unspecified atom stereocenters. The monoisotopic (exact) mass is 311 g/mol. The van der Waals surface area contributed by atoms with Crippen molar-refractivity contribution in [2.45, 2.75) is 45.9 Å². The van der Waals surface area contributed by atoms with Gasteiger partial charge < -0.3 is 9.84 Å². The van der Waals surface area contributed by atoms with Gasteiger partial charge in [0.1, 0.15) is 5.75 Å². The second kappa shape index (κ2) is 6.77. The molecule has 1 N–H and O–H groups in total. The lowest BCUT2D eigenvalue weighted by Gasteiger charge is -2.38. The SMILES string of the molecule is CCC1COC(C)CN1Cc1cc(Cl)cc(C(C)=O)c1O. The standard InChI is InChI=1S/C16H22ClNO3/c1-4-14-9-21-10(2)7-18(14)8-12-5-13(17)6-15(11(3)19)16(12)20/h5-6,10,14,20H,4,7-9H2,1-3H3. The Labute approximate surface area is 130 Å². The van der Waals surface area contributed by atoms with Crippen molar-refractivity contribution in [2.24, 2.45) is 0 Å². The van der Waals surface area contributed by atoms with Gasteiger partial charge in [-0.2, -0.15) is 0 Å². The number of morpholine rings is 1. The van der Waals surface area contributed by atoms with Gasteiger partial charge in [0.25, 0.3) is 0 Å². The quantitative estimate of drug-likeness (QED) is 0.867. The van der Waals surface area contributed by atoms with Crippen LogP contribution in [0.25, 0.3) is 0 Å². The number of carbonyl (C=O) groups is 1. The highest BCUT2D eigenvalue weighted by Crippen LogP contribution is 2.30. The third-order valence-electron chi connectivity index (χ3n) is 3.96. The molecule has 0 spiro atoms. The van der Waals surface area contributed by atoms with Crippen molar-refractivity contribution in [2.75, 3.05) is 13.2 Å². The van der Waals surface area contributed by atoms with Crippen LogP contribution in [-0.4, -0.2) is 41.1 Å². The summed E-state index contributed by atoms with van der Waals surface area (Å²) in [5.41, 5.74) is 0.979. The summed E-state index contributed by atoms with van der Waals surface area (Å²) in [5, 5.41) is 10.8. The molecule has 1 aliphatic rings. The number of phenolic OH excluding ortho intramolecular Hbond substituents is 1. The van der Waals surface area contributed by atoms with E-state index in [9.17, 15) is 9.90 Å². The summed E-state index contributed by atoms with van der Waals surface area (Å²) < 4.78 is 5.68. The molecule has 1 saturated heterocycles. The fourth-order valence-electron chi connectivity index (χ4n) is 2.75. The van der Waals surface area contributed by atoms with Crippen LogP contribution in [0.5, 0.6) is 5.75 Å². The first kappa shape index (κ1) is 16.3. The Hall–Kier alpha value is -1.10. The Morgan fingerprint density at radius 2 is 2.24 bits per heavy atom. The molecule has 0 aromatic heterocycles. The molecule has 4 nitrogen and oxygen atoms in total. The summed E-state index contributed by atoms with van der Waals surface area (Å²) in [6, 6.07) is 3.57. The van der Waals surface area contributed by atoms with Crippen LogP contribution >= 0.6 is 11.6 Å². The molecule has 0 amide bonds. The van der Waals surface area contributed by atoms with Gasteiger partial charge in [-0.25, -0.2) is 0 Å². The van der Waals surface area contributed by atoms with E-state index in [2.05, 4.69) is 11.8 Å². The smallest absolute Gasteiger partial charge is 0.163 e. The highest BCUT2D eigenvalue weighted by molar-refractivity contribution is 6.31. The first-order valence-corrected chi connectivity index (χ1v) is 7.68. The average Bonchev–Trinajstić information content (AvgIpc) is 2.42. The molecule has 0 saturated carbocycles. The largest absolute Gasteiger partial charge is 0.507 e. The Morgan fingerprint density at radius 3 is 2.86 bits per heavy atom. The lowest BCUT2D eigenvalue weighted by Crippen LogP contribution is -2.47. The van der Waals surface area contributed by atoms with E-state index in [-0.39, 0.29) is 23.2 Å². The van der Waals surface area contributed by atoms with Gasteiger partial charge in [0, 0.05) is 29.7 Å². The number of hydrogen-bond donors (Lipinski definition) is 1. The summed E-state index contributed by atoms with van der Waals surface area (Å²) >= 11 is 6.08. The highest BCUT2D eigenvalue weighted by atomic mass is 35.5. The minimum Gasteiger partial charge on any atom is -0.507 e. The number of ketones is 1. The fourth-order valence-corrected chi connectivity index (χ4v) is 2.99. The average molecular weight is 312 g/mol. The van der Waals surface area contributed by atoms with E-state index in [1.54, 1.807) is 6.07 Å². The number of rotatable bonds is 4. The Balaban J connectivity index is 2.27. The van der Waals surface area contributed by atoms with Gasteiger partial charge in [-0.15, -0.1) is 0 Å². The van der Waals surface area contributed by atoms with Gasteiger partial charge in [-0.05, 0) is 32.4 Å². The van der Waals surface area contributed by atoms with Crippen LogP contribution in [0, 0.1) is 0 Å². The normalized spacial score (nSPS) is 23.2. The first-order valence-electron chi connectivity index (χ1n) is 7.30. The lowest BCUT2D eigenvalue weighted by atomic mass is 10.0. The van der Waals surface area contributed by atoms with E-state index in [4.69, 9.17) is 16.3 Å². The van der Waals surface area contributed by atoms with Crippen molar-refractivity contribution in [3.05, 3.63) is 28.3 Å². The van der Waals surface area contributed by atoms with Gasteiger partial charge in [-0.3, -0.25) is 9.69 Å². The zero-order chi connectivity index (χ0) is 15.6. The van der Waals surface area contributed by atoms with Crippen LogP contribution in [0.2, 0.25) is 5.02 Å². The minimum absolute atomic E-state index is 0.0425. The molecule has 2 rings (SSSR count). The molecule has 1 fully saturated rings. The van der Waals surface area contributed by atoms with Crippen LogP contribution in [0.1, 0.15) is 43.1 Å². The molecule has 5 heteroatoms. The number of hydrogen-bond acceptors (Lipinski definition) is 4. The van der Waals surface area contributed by atoms with Crippen LogP contribution in [0.4, 0.5) is 0 Å². The zero-order valence-electron chi connectivity index (χ0n) is 12.7. The molecule has 116 valence electrons. The van der Waals surface area contributed by atoms with E-state index in [0.717, 1.165) is 13.0 Å². The van der Waals surface area contributed by atoms with Gasteiger partial charge in [-0.1, -0.05) is 18.5 Å². The summed E-state index contributed by atoms with van der Waals surface area (Å²) in [5.74, 6) is -0.139. The lowest BCUT2D eigenvalue weighted by molar-refractivity contribution is -0.0593. The first-order chi connectivity index (χ1) is 9.92. The second-order valence-corrected chi connectivity index (χ2v) is 6.09. The van der Waals surface area contributed by atoms with Crippen molar-refractivity contribution in [3.8, 4) is 5.75 Å². The molecule has 21 heavy (non-hydrogen) atoms. The number of Topliss-reactive ketones (excluding diaryl/α,β-unsaturated/α-hetero) is 1. The third-order valence-corrected chi connectivity index (χ3v) is 4.18. The van der Waals surface area contributed by atoms with E-state index < -0.39 is 0 Å². The maximum absolute atomic E-state index is 11.6. The van der Waals surface area contributed by atoms with Gasteiger partial charge in [0.2, 0.25) is 0 Å². The van der Waals surface area contributed by atoms with Gasteiger partial charge in [0.15, 0.2) is 5.78 Å². The molecular weight excluding hydrogens is 290 g/mol. The molecule has 1 aliphatic heterocycles. The predicted molar refractivity (Wildman–Crippen MR) is 83.0 cm³/mol. The van der Waals surface area contributed by atoms with Gasteiger partial charge >= 0.3 is 0 Å². The van der Waals surface area contributed by atoms with Crippen LogP contribution < -0.4 is 0 Å². The van der Waals surface area contributed by atoms with Gasteiger partial charge in [0.05, 0.1) is 18.3 Å². The second-order valence-electron chi connectivity index (χ2n) is 5.65. The van der Waals surface area contributed by atoms with E-state index in [0.29, 0.717) is 29.8 Å². The van der Waals surface area contributed by atoms with Crippen LogP contribution in [0.3, 0.4) is 0 Å². The number of benzene rings is 1. The Morgan fingerprint density at radius 1 is 1.52 bits per heavy atom. The van der Waals surface area contributed by atoms with Crippen molar-refractivity contribution in [1.82, 2.24) is 4.90 Å². The van der Waals surface area contributed by atoms with Crippen LogP contribution in [0.15, 0.2) is 12.1 Å². The summed E-state index contributed by atoms with van der Waals surface area (Å²) in [6.45, 7) is 7.66. The number of ether oxygens (including phenoxy) is 1.